The van der Waals surface area contributed by atoms with Crippen molar-refractivity contribution in [2.75, 3.05) is 6.54 Å². The highest BCUT2D eigenvalue weighted by Crippen LogP contribution is 2.29. The number of hydrogen-bond acceptors (Lipinski definition) is 5. The molecule has 2 heterocycles. The Balaban J connectivity index is 1.50. The number of benzene rings is 2. The molecule has 6 heteroatoms. The zero-order valence-electron chi connectivity index (χ0n) is 12.9. The SMILES string of the molecule is O=C(N[C@@H]1CN[C@H](c2ncco2)C1)c1ccc2ccccc2c1O. The molecule has 0 radical (unpaired) electrons. The van der Waals surface area contributed by atoms with Gasteiger partial charge in [-0.1, -0.05) is 30.3 Å². The molecule has 1 fully saturated rings. The fourth-order valence-electron chi connectivity index (χ4n) is 3.14. The zero-order chi connectivity index (χ0) is 16.5. The van der Waals surface area contributed by atoms with Gasteiger partial charge in [0.1, 0.15) is 12.0 Å². The molecule has 6 nitrogen and oxygen atoms in total. The molecule has 0 bridgehead atoms. The first-order valence-corrected chi connectivity index (χ1v) is 7.87. The van der Waals surface area contributed by atoms with Crippen molar-refractivity contribution < 1.29 is 14.3 Å². The van der Waals surface area contributed by atoms with Crippen molar-refractivity contribution in [2.45, 2.75) is 18.5 Å². The highest BCUT2D eigenvalue weighted by Gasteiger charge is 2.29. The van der Waals surface area contributed by atoms with Crippen LogP contribution in [-0.4, -0.2) is 28.6 Å². The van der Waals surface area contributed by atoms with Gasteiger partial charge in [-0.3, -0.25) is 4.79 Å². The third kappa shape index (κ3) is 2.61. The van der Waals surface area contributed by atoms with Crippen LogP contribution in [0.1, 0.15) is 28.7 Å². The second-order valence-electron chi connectivity index (χ2n) is 5.92. The molecule has 1 aliphatic heterocycles. The molecule has 0 unspecified atom stereocenters. The Morgan fingerprint density at radius 2 is 2.17 bits per heavy atom. The predicted molar refractivity (Wildman–Crippen MR) is 88.7 cm³/mol. The van der Waals surface area contributed by atoms with Gasteiger partial charge in [-0.2, -0.15) is 0 Å². The van der Waals surface area contributed by atoms with Crippen LogP contribution in [0, 0.1) is 0 Å². The molecule has 2 atom stereocenters. The molecule has 1 amide bonds. The lowest BCUT2D eigenvalue weighted by atomic mass is 10.0. The highest BCUT2D eigenvalue weighted by molar-refractivity contribution is 6.03. The number of aromatic nitrogens is 1. The van der Waals surface area contributed by atoms with Crippen molar-refractivity contribution in [1.82, 2.24) is 15.6 Å². The first-order valence-electron chi connectivity index (χ1n) is 7.87. The summed E-state index contributed by atoms with van der Waals surface area (Å²) in [5.74, 6) is 0.360. The number of amides is 1. The molecule has 1 aliphatic rings. The Kier molecular flexibility index (Phi) is 3.66. The van der Waals surface area contributed by atoms with E-state index >= 15 is 0 Å². The largest absolute Gasteiger partial charge is 0.506 e. The number of hydrogen-bond donors (Lipinski definition) is 3. The minimum Gasteiger partial charge on any atom is -0.506 e. The van der Waals surface area contributed by atoms with Crippen LogP contribution in [0.4, 0.5) is 0 Å². The number of carbonyl (C=O) groups is 1. The standard InChI is InChI=1S/C18H17N3O3/c22-16-13-4-2-1-3-11(13)5-6-14(16)17(23)21-12-9-15(20-10-12)18-19-7-8-24-18/h1-8,12,15,20,22H,9-10H2,(H,21,23)/t12-,15-/m0/s1. The monoisotopic (exact) mass is 323 g/mol. The molecular weight excluding hydrogens is 306 g/mol. The van der Waals surface area contributed by atoms with Crippen LogP contribution >= 0.6 is 0 Å². The first kappa shape index (κ1) is 14.7. The third-order valence-electron chi connectivity index (χ3n) is 4.36. The number of nitrogens with one attached hydrogen (secondary N) is 2. The van der Waals surface area contributed by atoms with Crippen LogP contribution in [0.15, 0.2) is 53.3 Å². The second-order valence-corrected chi connectivity index (χ2v) is 5.92. The normalized spacial score (nSPS) is 20.3. The maximum atomic E-state index is 12.5. The van der Waals surface area contributed by atoms with Gasteiger partial charge < -0.3 is 20.2 Å². The van der Waals surface area contributed by atoms with Crippen molar-refractivity contribution in [3.05, 3.63) is 60.3 Å². The molecule has 0 aliphatic carbocycles. The molecule has 0 saturated carbocycles. The van der Waals surface area contributed by atoms with Gasteiger partial charge in [0.05, 0.1) is 17.8 Å². The molecule has 1 aromatic heterocycles. The average molecular weight is 323 g/mol. The van der Waals surface area contributed by atoms with Crippen LogP contribution in [-0.2, 0) is 0 Å². The number of carbonyl (C=O) groups excluding carboxylic acids is 1. The fraction of sp³-hybridized carbons (Fsp3) is 0.222. The lowest BCUT2D eigenvalue weighted by Gasteiger charge is -2.13. The number of aromatic hydroxyl groups is 1. The number of rotatable bonds is 3. The minimum absolute atomic E-state index is 0.00417. The summed E-state index contributed by atoms with van der Waals surface area (Å²) in [6.07, 6.45) is 3.84. The van der Waals surface area contributed by atoms with Crippen molar-refractivity contribution >= 4 is 16.7 Å². The van der Waals surface area contributed by atoms with E-state index in [0.29, 0.717) is 24.2 Å². The van der Waals surface area contributed by atoms with Gasteiger partial charge in [-0.15, -0.1) is 0 Å². The molecular formula is C18H17N3O3. The van der Waals surface area contributed by atoms with E-state index < -0.39 is 0 Å². The van der Waals surface area contributed by atoms with Crippen LogP contribution in [0.5, 0.6) is 5.75 Å². The van der Waals surface area contributed by atoms with E-state index in [1.807, 2.05) is 24.3 Å². The number of nitrogens with zero attached hydrogens (tertiary/aromatic N) is 1. The van der Waals surface area contributed by atoms with Gasteiger partial charge in [-0.25, -0.2) is 4.98 Å². The molecule has 122 valence electrons. The third-order valence-corrected chi connectivity index (χ3v) is 4.36. The zero-order valence-corrected chi connectivity index (χ0v) is 12.9. The van der Waals surface area contributed by atoms with Crippen molar-refractivity contribution in [3.8, 4) is 5.75 Å². The number of phenols is 1. The van der Waals surface area contributed by atoms with E-state index in [-0.39, 0.29) is 29.3 Å². The van der Waals surface area contributed by atoms with Gasteiger partial charge in [0.2, 0.25) is 5.89 Å². The van der Waals surface area contributed by atoms with E-state index in [0.717, 1.165) is 5.39 Å². The topological polar surface area (TPSA) is 87.4 Å². The minimum atomic E-state index is -0.280. The first-order chi connectivity index (χ1) is 11.7. The highest BCUT2D eigenvalue weighted by atomic mass is 16.3. The van der Waals surface area contributed by atoms with E-state index in [4.69, 9.17) is 4.42 Å². The number of phenolic OH excluding ortho intramolecular Hbond substituents is 1. The summed E-state index contributed by atoms with van der Waals surface area (Å²) in [4.78, 5) is 16.7. The van der Waals surface area contributed by atoms with Crippen LogP contribution in [0.2, 0.25) is 0 Å². The lowest BCUT2D eigenvalue weighted by molar-refractivity contribution is 0.0937. The Morgan fingerprint density at radius 1 is 1.29 bits per heavy atom. The quantitative estimate of drug-likeness (QED) is 0.689. The summed E-state index contributed by atoms with van der Waals surface area (Å²) in [5.41, 5.74) is 0.285. The summed E-state index contributed by atoms with van der Waals surface area (Å²) >= 11 is 0. The van der Waals surface area contributed by atoms with E-state index in [9.17, 15) is 9.90 Å². The fourth-order valence-corrected chi connectivity index (χ4v) is 3.14. The van der Waals surface area contributed by atoms with Gasteiger partial charge in [0.15, 0.2) is 0 Å². The van der Waals surface area contributed by atoms with Crippen molar-refractivity contribution in [3.63, 3.8) is 0 Å². The Labute approximate surface area is 138 Å². The Bertz CT molecular complexity index is 876. The van der Waals surface area contributed by atoms with E-state index in [1.165, 1.54) is 6.26 Å². The summed E-state index contributed by atoms with van der Waals surface area (Å²) < 4.78 is 5.30. The molecule has 3 N–H and O–H groups in total. The predicted octanol–water partition coefficient (Wildman–Crippen LogP) is 2.37. The maximum Gasteiger partial charge on any atom is 0.255 e. The summed E-state index contributed by atoms with van der Waals surface area (Å²) in [6.45, 7) is 0.632. The summed E-state index contributed by atoms with van der Waals surface area (Å²) in [5, 5.41) is 18.2. The Morgan fingerprint density at radius 3 is 3.00 bits per heavy atom. The molecule has 4 rings (SSSR count). The molecule has 24 heavy (non-hydrogen) atoms. The van der Waals surface area contributed by atoms with Gasteiger partial charge in [0, 0.05) is 18.0 Å². The van der Waals surface area contributed by atoms with Crippen molar-refractivity contribution in [1.29, 1.82) is 0 Å². The van der Waals surface area contributed by atoms with E-state index in [2.05, 4.69) is 15.6 Å². The molecule has 2 aromatic carbocycles. The second kappa shape index (κ2) is 5.98. The van der Waals surface area contributed by atoms with E-state index in [1.54, 1.807) is 18.3 Å². The molecule has 0 spiro atoms. The summed E-state index contributed by atoms with van der Waals surface area (Å²) in [6, 6.07) is 10.9. The van der Waals surface area contributed by atoms with Gasteiger partial charge >= 0.3 is 0 Å². The van der Waals surface area contributed by atoms with Crippen molar-refractivity contribution in [2.24, 2.45) is 0 Å². The van der Waals surface area contributed by atoms with Crippen LogP contribution in [0.25, 0.3) is 10.8 Å². The van der Waals surface area contributed by atoms with Crippen LogP contribution < -0.4 is 10.6 Å². The molecule has 1 saturated heterocycles. The van der Waals surface area contributed by atoms with Gasteiger partial charge in [-0.05, 0) is 17.9 Å². The lowest BCUT2D eigenvalue weighted by Crippen LogP contribution is -2.36. The van der Waals surface area contributed by atoms with Gasteiger partial charge in [0.25, 0.3) is 5.91 Å². The van der Waals surface area contributed by atoms with Crippen LogP contribution in [0.3, 0.4) is 0 Å². The number of oxazole rings is 1. The summed E-state index contributed by atoms with van der Waals surface area (Å²) in [7, 11) is 0. The number of fused-ring (bicyclic) bond motifs is 1. The maximum absolute atomic E-state index is 12.5. The Hall–Kier alpha value is -2.86. The smallest absolute Gasteiger partial charge is 0.255 e. The average Bonchev–Trinajstić information content (AvgIpc) is 3.26. The molecule has 3 aromatic rings.